The van der Waals surface area contributed by atoms with E-state index < -0.39 is 17.7 Å². The van der Waals surface area contributed by atoms with Crippen LogP contribution in [-0.4, -0.2) is 38.7 Å². The molecule has 0 radical (unpaired) electrons. The molecular formula is C20H20FN3O4. The molecule has 0 aliphatic rings. The van der Waals surface area contributed by atoms with E-state index in [2.05, 4.69) is 5.10 Å². The maximum Gasteiger partial charge on any atom is 0.339 e. The first-order valence-electron chi connectivity index (χ1n) is 8.58. The minimum Gasteiger partial charge on any atom is -0.478 e. The highest BCUT2D eigenvalue weighted by Gasteiger charge is 2.19. The topological polar surface area (TPSA) is 88.6 Å². The minimum absolute atomic E-state index is 0.0520. The molecule has 0 aliphatic heterocycles. The lowest BCUT2D eigenvalue weighted by molar-refractivity contribution is 0.0694. The number of nitrogens with zero attached hydrogens (tertiary/aromatic N) is 3. The summed E-state index contributed by atoms with van der Waals surface area (Å²) < 4.78 is 21.5. The molecule has 0 aliphatic carbocycles. The lowest BCUT2D eigenvalue weighted by Gasteiger charge is -2.16. The van der Waals surface area contributed by atoms with E-state index in [1.807, 2.05) is 19.9 Å². The predicted molar refractivity (Wildman–Crippen MR) is 99.2 cm³/mol. The predicted octanol–water partition coefficient (Wildman–Crippen LogP) is 3.50. The number of hydrogen-bond donors (Lipinski definition) is 1. The molecule has 146 valence electrons. The Morgan fingerprint density at radius 3 is 2.46 bits per heavy atom. The molecule has 1 aromatic carbocycles. The number of aromatic nitrogens is 2. The van der Waals surface area contributed by atoms with Gasteiger partial charge in [-0.15, -0.1) is 0 Å². The van der Waals surface area contributed by atoms with Gasteiger partial charge in [0.1, 0.15) is 28.6 Å². The van der Waals surface area contributed by atoms with Crippen LogP contribution in [0.15, 0.2) is 34.7 Å². The van der Waals surface area contributed by atoms with Gasteiger partial charge >= 0.3 is 5.97 Å². The second-order valence-electron chi connectivity index (χ2n) is 6.65. The van der Waals surface area contributed by atoms with Gasteiger partial charge in [0.05, 0.1) is 12.2 Å². The lowest BCUT2D eigenvalue weighted by atomic mass is 10.1. The third-order valence-electron chi connectivity index (χ3n) is 4.37. The number of aryl methyl sites for hydroxylation is 3. The van der Waals surface area contributed by atoms with E-state index in [1.165, 1.54) is 40.9 Å². The monoisotopic (exact) mass is 385 g/mol. The molecule has 8 heteroatoms. The molecule has 0 saturated heterocycles. The number of carbonyl (C=O) groups is 2. The fourth-order valence-corrected chi connectivity index (χ4v) is 3.04. The first-order chi connectivity index (χ1) is 13.2. The van der Waals surface area contributed by atoms with Crippen LogP contribution in [0.5, 0.6) is 0 Å². The third-order valence-corrected chi connectivity index (χ3v) is 4.37. The largest absolute Gasteiger partial charge is 0.478 e. The third kappa shape index (κ3) is 3.66. The average molecular weight is 385 g/mol. The van der Waals surface area contributed by atoms with Gasteiger partial charge in [0.15, 0.2) is 0 Å². The van der Waals surface area contributed by atoms with Gasteiger partial charge in [0.2, 0.25) is 0 Å². The van der Waals surface area contributed by atoms with Gasteiger partial charge in [-0.1, -0.05) is 0 Å². The van der Waals surface area contributed by atoms with Gasteiger partial charge in [0, 0.05) is 18.3 Å². The summed E-state index contributed by atoms with van der Waals surface area (Å²) in [6, 6.07) is 7.43. The van der Waals surface area contributed by atoms with Crippen LogP contribution in [0.25, 0.3) is 5.69 Å². The normalized spacial score (nSPS) is 10.9. The van der Waals surface area contributed by atoms with Crippen molar-refractivity contribution >= 4 is 11.9 Å². The van der Waals surface area contributed by atoms with E-state index in [4.69, 9.17) is 9.52 Å². The zero-order chi connectivity index (χ0) is 20.6. The summed E-state index contributed by atoms with van der Waals surface area (Å²) in [6.07, 6.45) is 0. The van der Waals surface area contributed by atoms with Crippen molar-refractivity contribution in [1.29, 1.82) is 0 Å². The van der Waals surface area contributed by atoms with Gasteiger partial charge in [-0.2, -0.15) is 5.10 Å². The smallest absolute Gasteiger partial charge is 0.339 e. The van der Waals surface area contributed by atoms with Gasteiger partial charge in [-0.3, -0.25) is 4.79 Å². The summed E-state index contributed by atoms with van der Waals surface area (Å²) in [5.41, 5.74) is 2.04. The number of furan rings is 1. The lowest BCUT2D eigenvalue weighted by Crippen LogP contribution is -2.26. The maximum atomic E-state index is 14.6. The Balaban J connectivity index is 1.80. The molecule has 0 bridgehead atoms. The van der Waals surface area contributed by atoms with Crippen molar-refractivity contribution in [3.63, 3.8) is 0 Å². The van der Waals surface area contributed by atoms with E-state index in [0.29, 0.717) is 5.76 Å². The van der Waals surface area contributed by atoms with E-state index in [-0.39, 0.29) is 29.1 Å². The van der Waals surface area contributed by atoms with Crippen molar-refractivity contribution < 1.29 is 23.5 Å². The van der Waals surface area contributed by atoms with Gasteiger partial charge in [0.25, 0.3) is 5.91 Å². The summed E-state index contributed by atoms with van der Waals surface area (Å²) in [7, 11) is 1.54. The summed E-state index contributed by atoms with van der Waals surface area (Å²) in [6.45, 7) is 5.25. The van der Waals surface area contributed by atoms with E-state index in [0.717, 1.165) is 11.4 Å². The van der Waals surface area contributed by atoms with Crippen LogP contribution in [0.3, 0.4) is 0 Å². The number of carboxylic acids is 1. The van der Waals surface area contributed by atoms with Crippen molar-refractivity contribution in [1.82, 2.24) is 14.7 Å². The van der Waals surface area contributed by atoms with Crippen LogP contribution >= 0.6 is 0 Å². The fraction of sp³-hybridized carbons (Fsp3) is 0.250. The molecule has 1 N–H and O–H groups in total. The molecule has 0 saturated carbocycles. The van der Waals surface area contributed by atoms with Crippen molar-refractivity contribution in [3.8, 4) is 5.69 Å². The highest BCUT2D eigenvalue weighted by molar-refractivity contribution is 5.94. The van der Waals surface area contributed by atoms with Crippen molar-refractivity contribution in [2.75, 3.05) is 7.05 Å². The van der Waals surface area contributed by atoms with E-state index in [9.17, 15) is 14.0 Å². The van der Waals surface area contributed by atoms with E-state index in [1.54, 1.807) is 6.92 Å². The number of amides is 1. The van der Waals surface area contributed by atoms with Crippen LogP contribution in [0.4, 0.5) is 4.39 Å². The Morgan fingerprint density at radius 1 is 1.21 bits per heavy atom. The first kappa shape index (κ1) is 19.3. The van der Waals surface area contributed by atoms with Crippen LogP contribution in [0.2, 0.25) is 0 Å². The van der Waals surface area contributed by atoms with Crippen LogP contribution in [-0.2, 0) is 6.54 Å². The molecule has 3 rings (SSSR count). The summed E-state index contributed by atoms with van der Waals surface area (Å²) in [5, 5.41) is 13.3. The van der Waals surface area contributed by atoms with Gasteiger partial charge in [-0.25, -0.2) is 13.9 Å². The Labute approximate surface area is 161 Å². The molecule has 0 unspecified atom stereocenters. The Hall–Kier alpha value is -3.42. The second-order valence-corrected chi connectivity index (χ2v) is 6.65. The Bertz CT molecular complexity index is 1070. The molecule has 0 atom stereocenters. The summed E-state index contributed by atoms with van der Waals surface area (Å²) >= 11 is 0. The Morgan fingerprint density at radius 2 is 1.93 bits per heavy atom. The Kier molecular flexibility index (Phi) is 5.04. The molecule has 0 fully saturated rings. The van der Waals surface area contributed by atoms with Crippen molar-refractivity contribution in [3.05, 3.63) is 70.2 Å². The van der Waals surface area contributed by atoms with Gasteiger partial charge in [-0.05, 0) is 51.1 Å². The minimum atomic E-state index is -1.09. The van der Waals surface area contributed by atoms with Crippen molar-refractivity contribution in [2.45, 2.75) is 27.3 Å². The summed E-state index contributed by atoms with van der Waals surface area (Å²) in [4.78, 5) is 25.1. The number of rotatable bonds is 5. The maximum absolute atomic E-state index is 14.6. The standard InChI is InChI=1S/C20H20FN3O4/c1-11-7-12(2)24(22-11)18-6-5-14(8-17(18)21)19(25)23(4)10-15-9-16(20(26)27)13(3)28-15/h5-9H,10H2,1-4H3,(H,26,27). The van der Waals surface area contributed by atoms with Crippen molar-refractivity contribution in [2.24, 2.45) is 0 Å². The second kappa shape index (κ2) is 7.30. The SMILES string of the molecule is Cc1cc(C)n(-c2ccc(C(=O)N(C)Cc3cc(C(=O)O)c(C)o3)cc2F)n1. The van der Waals surface area contributed by atoms with Crippen LogP contribution in [0, 0.1) is 26.6 Å². The molecule has 3 aromatic rings. The number of carbonyl (C=O) groups excluding carboxylic acids is 1. The molecular weight excluding hydrogens is 365 g/mol. The van der Waals surface area contributed by atoms with E-state index >= 15 is 0 Å². The highest BCUT2D eigenvalue weighted by atomic mass is 19.1. The molecule has 2 aromatic heterocycles. The zero-order valence-electron chi connectivity index (χ0n) is 16.0. The number of halogens is 1. The fourth-order valence-electron chi connectivity index (χ4n) is 3.04. The molecule has 7 nitrogen and oxygen atoms in total. The zero-order valence-corrected chi connectivity index (χ0v) is 16.0. The number of benzene rings is 1. The highest BCUT2D eigenvalue weighted by Crippen LogP contribution is 2.20. The number of hydrogen-bond acceptors (Lipinski definition) is 4. The van der Waals surface area contributed by atoms with Crippen LogP contribution < -0.4 is 0 Å². The molecule has 1 amide bonds. The molecule has 2 heterocycles. The average Bonchev–Trinajstić information content (AvgIpc) is 3.15. The number of carboxylic acid groups (broad SMARTS) is 1. The van der Waals surface area contributed by atoms with Crippen LogP contribution in [0.1, 0.15) is 43.6 Å². The first-order valence-corrected chi connectivity index (χ1v) is 8.58. The van der Waals surface area contributed by atoms with Gasteiger partial charge < -0.3 is 14.4 Å². The number of aromatic carboxylic acids is 1. The molecule has 0 spiro atoms. The summed E-state index contributed by atoms with van der Waals surface area (Å²) in [5.74, 6) is -1.46. The molecule has 28 heavy (non-hydrogen) atoms. The quantitative estimate of drug-likeness (QED) is 0.726.